The number of guanidine groups is 1. The Morgan fingerprint density at radius 1 is 1.21 bits per heavy atom. The SMILES string of the molecule is CN=C(NCCSc1ccc(C)cc1)N1CC2C3CCC(O3)C2C1. The van der Waals surface area contributed by atoms with Gasteiger partial charge in [-0.05, 0) is 31.9 Å². The van der Waals surface area contributed by atoms with Gasteiger partial charge in [-0.1, -0.05) is 17.7 Å². The third-order valence-corrected chi connectivity index (χ3v) is 6.65. The van der Waals surface area contributed by atoms with Crippen molar-refractivity contribution < 1.29 is 4.74 Å². The molecule has 5 heteroatoms. The van der Waals surface area contributed by atoms with Gasteiger partial charge >= 0.3 is 0 Å². The highest BCUT2D eigenvalue weighted by Crippen LogP contribution is 2.47. The van der Waals surface area contributed by atoms with E-state index in [2.05, 4.69) is 46.4 Å². The van der Waals surface area contributed by atoms with E-state index in [4.69, 9.17) is 4.74 Å². The quantitative estimate of drug-likeness (QED) is 0.394. The fourth-order valence-corrected chi connectivity index (χ4v) is 5.20. The summed E-state index contributed by atoms with van der Waals surface area (Å²) in [5.74, 6) is 3.57. The van der Waals surface area contributed by atoms with Crippen LogP contribution in [0.15, 0.2) is 34.2 Å². The Labute approximate surface area is 149 Å². The second-order valence-corrected chi connectivity index (χ2v) is 8.33. The Balaban J connectivity index is 1.24. The Bertz CT molecular complexity index is 585. The van der Waals surface area contributed by atoms with Gasteiger partial charge in [0.2, 0.25) is 0 Å². The van der Waals surface area contributed by atoms with Gasteiger partial charge in [0.1, 0.15) is 0 Å². The number of thioether (sulfide) groups is 1. The van der Waals surface area contributed by atoms with Crippen molar-refractivity contribution in [2.45, 2.75) is 36.9 Å². The summed E-state index contributed by atoms with van der Waals surface area (Å²) in [6, 6.07) is 8.75. The van der Waals surface area contributed by atoms with Crippen molar-refractivity contribution in [3.63, 3.8) is 0 Å². The molecule has 0 aromatic heterocycles. The van der Waals surface area contributed by atoms with Crippen LogP contribution in [0.3, 0.4) is 0 Å². The molecule has 3 aliphatic rings. The number of ether oxygens (including phenoxy) is 1. The molecule has 0 spiro atoms. The maximum Gasteiger partial charge on any atom is 0.193 e. The van der Waals surface area contributed by atoms with Crippen molar-refractivity contribution in [2.24, 2.45) is 16.8 Å². The molecule has 2 bridgehead atoms. The average Bonchev–Trinajstić information content (AvgIpc) is 3.29. The van der Waals surface area contributed by atoms with Gasteiger partial charge in [0.05, 0.1) is 12.2 Å². The summed E-state index contributed by atoms with van der Waals surface area (Å²) in [4.78, 5) is 8.28. The minimum absolute atomic E-state index is 0.514. The van der Waals surface area contributed by atoms with Crippen LogP contribution < -0.4 is 5.32 Å². The molecule has 4 nitrogen and oxygen atoms in total. The maximum atomic E-state index is 6.07. The number of likely N-dealkylation sites (tertiary alicyclic amines) is 1. The monoisotopic (exact) mass is 345 g/mol. The topological polar surface area (TPSA) is 36.9 Å². The molecule has 130 valence electrons. The summed E-state index contributed by atoms with van der Waals surface area (Å²) in [7, 11) is 1.90. The van der Waals surface area contributed by atoms with Crippen LogP contribution in [0.4, 0.5) is 0 Å². The lowest BCUT2D eigenvalue weighted by Gasteiger charge is -2.23. The van der Waals surface area contributed by atoms with E-state index in [1.165, 1.54) is 23.3 Å². The molecule has 1 aromatic rings. The highest BCUT2D eigenvalue weighted by Gasteiger charge is 2.53. The van der Waals surface area contributed by atoms with Gasteiger partial charge in [-0.15, -0.1) is 11.8 Å². The molecule has 0 aliphatic carbocycles. The number of hydrogen-bond donors (Lipinski definition) is 1. The molecule has 4 rings (SSSR count). The van der Waals surface area contributed by atoms with Crippen molar-refractivity contribution in [1.29, 1.82) is 0 Å². The van der Waals surface area contributed by atoms with Gasteiger partial charge in [0, 0.05) is 49.2 Å². The summed E-state index contributed by atoms with van der Waals surface area (Å²) < 4.78 is 6.07. The molecular weight excluding hydrogens is 318 g/mol. The van der Waals surface area contributed by atoms with E-state index >= 15 is 0 Å². The number of fused-ring (bicyclic) bond motifs is 5. The first-order valence-corrected chi connectivity index (χ1v) is 10.0. The average molecular weight is 346 g/mol. The minimum Gasteiger partial charge on any atom is -0.374 e. The van der Waals surface area contributed by atoms with Crippen LogP contribution >= 0.6 is 11.8 Å². The number of nitrogens with zero attached hydrogens (tertiary/aromatic N) is 2. The van der Waals surface area contributed by atoms with Crippen molar-refractivity contribution in [2.75, 3.05) is 32.4 Å². The number of rotatable bonds is 4. The van der Waals surface area contributed by atoms with E-state index in [9.17, 15) is 0 Å². The summed E-state index contributed by atoms with van der Waals surface area (Å²) >= 11 is 1.90. The lowest BCUT2D eigenvalue weighted by atomic mass is 9.82. The fourth-order valence-electron chi connectivity index (χ4n) is 4.43. The smallest absolute Gasteiger partial charge is 0.193 e. The zero-order valence-corrected chi connectivity index (χ0v) is 15.4. The second kappa shape index (κ2) is 6.96. The van der Waals surface area contributed by atoms with Gasteiger partial charge in [-0.3, -0.25) is 4.99 Å². The van der Waals surface area contributed by atoms with E-state index in [1.807, 2.05) is 18.8 Å². The molecule has 3 heterocycles. The summed E-state index contributed by atoms with van der Waals surface area (Å²) in [5.41, 5.74) is 1.32. The normalized spacial score (nSPS) is 31.6. The molecule has 0 amide bonds. The molecule has 0 saturated carbocycles. The highest BCUT2D eigenvalue weighted by atomic mass is 32.2. The van der Waals surface area contributed by atoms with E-state index in [-0.39, 0.29) is 0 Å². The van der Waals surface area contributed by atoms with E-state index in [0.29, 0.717) is 12.2 Å². The minimum atomic E-state index is 0.514. The Hall–Kier alpha value is -1.20. The molecular formula is C19H27N3OS. The van der Waals surface area contributed by atoms with Crippen molar-refractivity contribution in [3.05, 3.63) is 29.8 Å². The van der Waals surface area contributed by atoms with Crippen LogP contribution in [0.2, 0.25) is 0 Å². The second-order valence-electron chi connectivity index (χ2n) is 7.16. The van der Waals surface area contributed by atoms with Gasteiger partial charge < -0.3 is 15.0 Å². The predicted octanol–water partition coefficient (Wildman–Crippen LogP) is 2.77. The third-order valence-electron chi connectivity index (χ3n) is 5.64. The summed E-state index contributed by atoms with van der Waals surface area (Å²) in [5, 5.41) is 3.55. The van der Waals surface area contributed by atoms with Gasteiger partial charge in [-0.25, -0.2) is 0 Å². The Kier molecular flexibility index (Phi) is 4.72. The van der Waals surface area contributed by atoms with Crippen molar-refractivity contribution in [3.8, 4) is 0 Å². The lowest BCUT2D eigenvalue weighted by molar-refractivity contribution is 0.0767. The first-order chi connectivity index (χ1) is 11.7. The van der Waals surface area contributed by atoms with Crippen molar-refractivity contribution >= 4 is 17.7 Å². The number of benzene rings is 1. The van der Waals surface area contributed by atoms with E-state index < -0.39 is 0 Å². The molecule has 24 heavy (non-hydrogen) atoms. The Morgan fingerprint density at radius 3 is 2.50 bits per heavy atom. The summed E-state index contributed by atoms with van der Waals surface area (Å²) in [6.45, 7) is 5.29. The molecule has 3 saturated heterocycles. The number of nitrogens with one attached hydrogen (secondary N) is 1. The van der Waals surface area contributed by atoms with Gasteiger partial charge in [0.25, 0.3) is 0 Å². The lowest BCUT2D eigenvalue weighted by Crippen LogP contribution is -2.42. The highest BCUT2D eigenvalue weighted by molar-refractivity contribution is 7.99. The fraction of sp³-hybridized carbons (Fsp3) is 0.632. The molecule has 1 N–H and O–H groups in total. The predicted molar refractivity (Wildman–Crippen MR) is 99.7 cm³/mol. The Morgan fingerprint density at radius 2 is 1.88 bits per heavy atom. The first kappa shape index (κ1) is 16.3. The zero-order valence-electron chi connectivity index (χ0n) is 14.6. The largest absolute Gasteiger partial charge is 0.374 e. The van der Waals surface area contributed by atoms with Crippen LogP contribution in [0.25, 0.3) is 0 Å². The molecule has 3 fully saturated rings. The molecule has 3 aliphatic heterocycles. The van der Waals surface area contributed by atoms with Crippen LogP contribution in [-0.2, 0) is 4.74 Å². The zero-order chi connectivity index (χ0) is 16.5. The van der Waals surface area contributed by atoms with Crippen LogP contribution in [0.1, 0.15) is 18.4 Å². The van der Waals surface area contributed by atoms with E-state index in [0.717, 1.165) is 43.2 Å². The first-order valence-electron chi connectivity index (χ1n) is 9.05. The van der Waals surface area contributed by atoms with E-state index in [1.54, 1.807) is 0 Å². The molecule has 0 radical (unpaired) electrons. The number of aryl methyl sites for hydroxylation is 1. The van der Waals surface area contributed by atoms with Crippen LogP contribution in [-0.4, -0.2) is 55.5 Å². The number of hydrogen-bond acceptors (Lipinski definition) is 3. The molecule has 4 atom stereocenters. The number of aliphatic imine (C=N–C) groups is 1. The van der Waals surface area contributed by atoms with Gasteiger partial charge in [-0.2, -0.15) is 0 Å². The summed E-state index contributed by atoms with van der Waals surface area (Å²) in [6.07, 6.45) is 3.55. The van der Waals surface area contributed by atoms with Gasteiger partial charge in [0.15, 0.2) is 5.96 Å². The molecule has 4 unspecified atom stereocenters. The van der Waals surface area contributed by atoms with Crippen LogP contribution in [0.5, 0.6) is 0 Å². The standard InChI is InChI=1S/C19H27N3OS/c1-13-3-5-14(6-4-13)24-10-9-21-19(20-2)22-11-15-16(12-22)18-8-7-17(15)23-18/h3-6,15-18H,7-12H2,1-2H3,(H,20,21). The van der Waals surface area contributed by atoms with Crippen LogP contribution in [0, 0.1) is 18.8 Å². The molecule has 1 aromatic carbocycles. The maximum absolute atomic E-state index is 6.07. The third kappa shape index (κ3) is 3.16. The van der Waals surface area contributed by atoms with Crippen molar-refractivity contribution in [1.82, 2.24) is 10.2 Å².